The van der Waals surface area contributed by atoms with E-state index in [0.717, 1.165) is 19.4 Å². The molecule has 0 aliphatic carbocycles. The van der Waals surface area contributed by atoms with Crippen molar-refractivity contribution in [2.24, 2.45) is 0 Å². The first-order valence-electron chi connectivity index (χ1n) is 8.45. The molecule has 0 N–H and O–H groups in total. The zero-order chi connectivity index (χ0) is 14.6. The molecule has 0 aliphatic rings. The first-order valence-corrected chi connectivity index (χ1v) is 11.4. The Morgan fingerprint density at radius 3 is 1.76 bits per heavy atom. The molecule has 114 valence electrons. The van der Waals surface area contributed by atoms with E-state index in [9.17, 15) is 0 Å². The SMILES string of the molecule is C=CC[C-](CC)CC[O][Al-]([CH2]CC)([CH2]CC)[CH2]CC.[Li+].[Li+]. The first kappa shape index (κ1) is 27.3. The van der Waals surface area contributed by atoms with Crippen LogP contribution in [0.15, 0.2) is 12.7 Å². The van der Waals surface area contributed by atoms with E-state index in [1.165, 1.54) is 41.5 Å². The molecule has 0 aromatic rings. The maximum Gasteiger partial charge on any atom is 1.00 e. The van der Waals surface area contributed by atoms with Crippen LogP contribution >= 0.6 is 0 Å². The standard InChI is InChI=1S/C8H14O.3C3H7.Al.2Li/c1-3-5-8(4-2)6-7-9;3*1-3-2;;;/h3H,1,4-7H2,2H3;3*1,3H2,2H3;;;/q-2;;;;;2*+1. The molecule has 0 fully saturated rings. The Balaban J connectivity index is -0.00000162. The van der Waals surface area contributed by atoms with Crippen molar-refractivity contribution in [3.8, 4) is 0 Å². The van der Waals surface area contributed by atoms with Gasteiger partial charge in [0.2, 0.25) is 0 Å². The molecule has 0 unspecified atom stereocenters. The van der Waals surface area contributed by atoms with Crippen molar-refractivity contribution in [3.63, 3.8) is 0 Å². The molecule has 0 saturated carbocycles. The molecule has 0 bridgehead atoms. The molecular formula is C17H35AlLi2O. The molecule has 21 heavy (non-hydrogen) atoms. The van der Waals surface area contributed by atoms with E-state index in [-0.39, 0.29) is 37.7 Å². The fourth-order valence-electron chi connectivity index (χ4n) is 3.34. The molecule has 0 aliphatic heterocycles. The van der Waals surface area contributed by atoms with Crippen molar-refractivity contribution in [1.29, 1.82) is 0 Å². The maximum atomic E-state index is 6.54. The van der Waals surface area contributed by atoms with Gasteiger partial charge in [0.05, 0.1) is 0 Å². The van der Waals surface area contributed by atoms with Crippen molar-refractivity contribution in [2.45, 2.75) is 82.1 Å². The van der Waals surface area contributed by atoms with Crippen molar-refractivity contribution < 1.29 is 41.5 Å². The van der Waals surface area contributed by atoms with Crippen molar-refractivity contribution in [2.75, 3.05) is 6.61 Å². The number of hydrogen-bond acceptors (Lipinski definition) is 1. The van der Waals surface area contributed by atoms with Gasteiger partial charge >= 0.3 is 37.7 Å². The molecule has 0 heterocycles. The first-order chi connectivity index (χ1) is 9.17. The third kappa shape index (κ3) is 12.5. The Labute approximate surface area is 161 Å². The van der Waals surface area contributed by atoms with Gasteiger partial charge in [-0.2, -0.15) is 35.1 Å². The summed E-state index contributed by atoms with van der Waals surface area (Å²) in [6.07, 6.45) is 9.28. The Morgan fingerprint density at radius 1 is 0.952 bits per heavy atom. The molecule has 0 aromatic carbocycles. The van der Waals surface area contributed by atoms with E-state index in [1.54, 1.807) is 5.92 Å². The summed E-state index contributed by atoms with van der Waals surface area (Å²) >= 11 is -1.75. The quantitative estimate of drug-likeness (QED) is 0.267. The van der Waals surface area contributed by atoms with Crippen LogP contribution in [0, 0.1) is 5.92 Å². The second-order valence-electron chi connectivity index (χ2n) is 5.95. The minimum Gasteiger partial charge on any atom is -0.660 e. The van der Waals surface area contributed by atoms with Crippen LogP contribution in [-0.2, 0) is 3.79 Å². The van der Waals surface area contributed by atoms with Gasteiger partial charge in [0.1, 0.15) is 0 Å². The summed E-state index contributed by atoms with van der Waals surface area (Å²) in [6, 6.07) is 0. The van der Waals surface area contributed by atoms with E-state index in [1.807, 2.05) is 6.08 Å². The van der Waals surface area contributed by atoms with Crippen LogP contribution in [0.25, 0.3) is 0 Å². The second kappa shape index (κ2) is 17.8. The van der Waals surface area contributed by atoms with Crippen LogP contribution in [0.4, 0.5) is 0 Å². The summed E-state index contributed by atoms with van der Waals surface area (Å²) in [6.45, 7) is 14.0. The average Bonchev–Trinajstić information content (AvgIpc) is 2.38. The molecule has 0 spiro atoms. The number of allylic oxidation sites excluding steroid dienone is 1. The molecule has 0 saturated heterocycles. The van der Waals surface area contributed by atoms with E-state index < -0.39 is 13.4 Å². The number of rotatable bonds is 13. The monoisotopic (exact) mass is 296 g/mol. The zero-order valence-corrected chi connectivity index (χ0v) is 17.0. The third-order valence-electron chi connectivity index (χ3n) is 4.30. The molecule has 4 heteroatoms. The summed E-state index contributed by atoms with van der Waals surface area (Å²) in [5.41, 5.74) is 0. The van der Waals surface area contributed by atoms with Gasteiger partial charge in [-0.05, 0) is 6.61 Å². The van der Waals surface area contributed by atoms with Crippen LogP contribution in [0.3, 0.4) is 0 Å². The minimum absolute atomic E-state index is 0. The van der Waals surface area contributed by atoms with E-state index in [4.69, 9.17) is 3.79 Å². The minimum atomic E-state index is -1.75. The molecule has 0 aromatic heterocycles. The van der Waals surface area contributed by atoms with Crippen molar-refractivity contribution >= 4 is 13.4 Å². The largest absolute Gasteiger partial charge is 1.00 e. The Kier molecular flexibility index (Phi) is 23.1. The topological polar surface area (TPSA) is 9.23 Å². The summed E-state index contributed by atoms with van der Waals surface area (Å²) in [4.78, 5) is 0. The van der Waals surface area contributed by atoms with E-state index in [0.29, 0.717) is 0 Å². The second-order valence-corrected chi connectivity index (χ2v) is 10.7. The summed E-state index contributed by atoms with van der Waals surface area (Å²) in [5.74, 6) is 1.59. The molecule has 0 radical (unpaired) electrons. The van der Waals surface area contributed by atoms with Crippen LogP contribution in [0.5, 0.6) is 0 Å². The number of hydrogen-bond donors (Lipinski definition) is 0. The van der Waals surface area contributed by atoms with Gasteiger partial charge < -0.3 is 9.71 Å². The van der Waals surface area contributed by atoms with Crippen molar-refractivity contribution in [3.05, 3.63) is 18.6 Å². The molecule has 0 rings (SSSR count). The van der Waals surface area contributed by atoms with Crippen LogP contribution in [-0.4, -0.2) is 20.0 Å². The van der Waals surface area contributed by atoms with E-state index >= 15 is 0 Å². The zero-order valence-electron chi connectivity index (χ0n) is 15.8. The molecular weight excluding hydrogens is 261 g/mol. The normalized spacial score (nSPS) is 10.9. The Hall–Kier alpha value is 1.43. The summed E-state index contributed by atoms with van der Waals surface area (Å²) in [5, 5.41) is 4.12. The Morgan fingerprint density at radius 2 is 1.43 bits per heavy atom. The van der Waals surface area contributed by atoms with Gasteiger partial charge in [-0.25, -0.2) is 0 Å². The molecule has 1 nitrogen and oxygen atoms in total. The van der Waals surface area contributed by atoms with Gasteiger partial charge in [-0.15, -0.1) is 12.7 Å². The molecule has 0 atom stereocenters. The molecule has 0 amide bonds. The predicted molar refractivity (Wildman–Crippen MR) is 90.0 cm³/mol. The van der Waals surface area contributed by atoms with Gasteiger partial charge in [0, 0.05) is 0 Å². The summed E-state index contributed by atoms with van der Waals surface area (Å²) in [7, 11) is 0. The van der Waals surface area contributed by atoms with Crippen LogP contribution in [0.2, 0.25) is 15.8 Å². The van der Waals surface area contributed by atoms with Crippen LogP contribution < -0.4 is 37.7 Å². The Bertz CT molecular complexity index is 208. The average molecular weight is 296 g/mol. The smallest absolute Gasteiger partial charge is 0.660 e. The van der Waals surface area contributed by atoms with Crippen LogP contribution in [0.1, 0.15) is 66.2 Å². The van der Waals surface area contributed by atoms with Gasteiger partial charge in [0.25, 0.3) is 13.4 Å². The third-order valence-corrected chi connectivity index (χ3v) is 10.1. The fraction of sp³-hybridized carbons (Fsp3) is 0.824. The van der Waals surface area contributed by atoms with Gasteiger partial charge in [-0.1, -0.05) is 47.0 Å². The fourth-order valence-corrected chi connectivity index (χ4v) is 8.48. The predicted octanol–water partition coefficient (Wildman–Crippen LogP) is 0.137. The maximum absolute atomic E-state index is 6.54. The van der Waals surface area contributed by atoms with Gasteiger partial charge in [0.15, 0.2) is 0 Å². The van der Waals surface area contributed by atoms with Gasteiger partial charge in [-0.3, -0.25) is 0 Å². The van der Waals surface area contributed by atoms with Crippen molar-refractivity contribution in [1.82, 2.24) is 0 Å². The summed E-state index contributed by atoms with van der Waals surface area (Å²) < 4.78 is 6.54. The van der Waals surface area contributed by atoms with E-state index in [2.05, 4.69) is 34.3 Å².